The number of methoxy groups -OCH3 is 2. The van der Waals surface area contributed by atoms with E-state index in [2.05, 4.69) is 11.6 Å². The van der Waals surface area contributed by atoms with Crippen molar-refractivity contribution in [3.05, 3.63) is 70.9 Å². The highest BCUT2D eigenvalue weighted by molar-refractivity contribution is 5.97. The van der Waals surface area contributed by atoms with E-state index in [9.17, 15) is 9.90 Å². The number of rotatable bonds is 5. The maximum atomic E-state index is 12.3. The predicted molar refractivity (Wildman–Crippen MR) is 109 cm³/mol. The molecule has 2 atom stereocenters. The first-order valence-corrected chi connectivity index (χ1v) is 9.16. The number of nitrogens with zero attached hydrogens (tertiary/aromatic N) is 1. The van der Waals surface area contributed by atoms with Crippen LogP contribution in [0.25, 0.3) is 16.8 Å². The molecule has 0 fully saturated rings. The average Bonchev–Trinajstić information content (AvgIpc) is 3.07. The summed E-state index contributed by atoms with van der Waals surface area (Å²) in [6, 6.07) is 10.8. The van der Waals surface area contributed by atoms with Gasteiger partial charge in [-0.05, 0) is 36.1 Å². The largest absolute Gasteiger partial charge is 0.495 e. The second-order valence-corrected chi connectivity index (χ2v) is 6.85. The number of cyclic esters (lactones) is 1. The highest BCUT2D eigenvalue weighted by Crippen LogP contribution is 2.47. The Hall–Kier alpha value is -3.38. The molecule has 1 aliphatic rings. The van der Waals surface area contributed by atoms with Crippen LogP contribution in [0, 0.1) is 6.92 Å². The van der Waals surface area contributed by atoms with Crippen molar-refractivity contribution >= 4 is 22.8 Å². The zero-order valence-electron chi connectivity index (χ0n) is 16.4. The highest BCUT2D eigenvalue weighted by Gasteiger charge is 2.39. The van der Waals surface area contributed by atoms with Gasteiger partial charge in [0.05, 0.1) is 25.2 Å². The first-order chi connectivity index (χ1) is 14.0. The number of aryl methyl sites for hydroxylation is 1. The fourth-order valence-electron chi connectivity index (χ4n) is 3.92. The number of aromatic nitrogens is 1. The third-order valence-electron chi connectivity index (χ3n) is 5.16. The minimum atomic E-state index is -1.17. The predicted octanol–water partition coefficient (Wildman–Crippen LogP) is 4.15. The number of pyridine rings is 1. The van der Waals surface area contributed by atoms with Crippen molar-refractivity contribution in [2.24, 2.45) is 0 Å². The average molecular weight is 391 g/mol. The van der Waals surface area contributed by atoms with Gasteiger partial charge in [-0.2, -0.15) is 0 Å². The van der Waals surface area contributed by atoms with E-state index >= 15 is 0 Å². The van der Waals surface area contributed by atoms with Gasteiger partial charge >= 0.3 is 5.97 Å². The molecule has 1 aliphatic heterocycles. The number of fused-ring (bicyclic) bond motifs is 2. The summed E-state index contributed by atoms with van der Waals surface area (Å²) in [6.07, 6.45) is -0.375. The summed E-state index contributed by atoms with van der Waals surface area (Å²) in [4.78, 5) is 16.7. The summed E-state index contributed by atoms with van der Waals surface area (Å²) in [6.45, 7) is 5.76. The molecule has 4 rings (SSSR count). The third kappa shape index (κ3) is 2.93. The Labute approximate surface area is 168 Å². The van der Waals surface area contributed by atoms with E-state index in [-0.39, 0.29) is 0 Å². The molecule has 6 heteroatoms. The molecule has 3 aromatic rings. The van der Waals surface area contributed by atoms with Crippen LogP contribution in [-0.2, 0) is 4.74 Å². The molecular weight excluding hydrogens is 370 g/mol. The van der Waals surface area contributed by atoms with Gasteiger partial charge in [-0.15, -0.1) is 0 Å². The zero-order chi connectivity index (χ0) is 20.7. The van der Waals surface area contributed by atoms with Crippen LogP contribution in [0.2, 0.25) is 0 Å². The lowest BCUT2D eigenvalue weighted by Gasteiger charge is -2.24. The number of hydrogen-bond acceptors (Lipinski definition) is 6. The van der Waals surface area contributed by atoms with Crippen LogP contribution in [-0.4, -0.2) is 30.3 Å². The number of carbonyl (C=O) groups is 1. The van der Waals surface area contributed by atoms with E-state index in [0.29, 0.717) is 39.3 Å². The van der Waals surface area contributed by atoms with E-state index < -0.39 is 18.2 Å². The van der Waals surface area contributed by atoms with E-state index in [1.807, 2.05) is 25.1 Å². The third-order valence-corrected chi connectivity index (χ3v) is 5.16. The fourth-order valence-corrected chi connectivity index (χ4v) is 3.92. The Bertz CT molecular complexity index is 1140. The smallest absolute Gasteiger partial charge is 0.339 e. The Morgan fingerprint density at radius 3 is 2.69 bits per heavy atom. The number of carbonyl (C=O) groups excluding carboxylic acids is 1. The minimum Gasteiger partial charge on any atom is -0.495 e. The van der Waals surface area contributed by atoms with Gasteiger partial charge in [0.2, 0.25) is 5.88 Å². The number of hydrogen-bond donors (Lipinski definition) is 1. The van der Waals surface area contributed by atoms with Crippen LogP contribution in [0.15, 0.2) is 43.0 Å². The van der Waals surface area contributed by atoms with Crippen molar-refractivity contribution in [3.63, 3.8) is 0 Å². The number of esters is 1. The molecule has 2 unspecified atom stereocenters. The summed E-state index contributed by atoms with van der Waals surface area (Å²) in [5.74, 6) is 0.346. The SMILES string of the molecule is C=Cc1cc2cc(C)nc(OC)c2c(OC)c1C(O)C1OC(=O)c2ccccc21. The van der Waals surface area contributed by atoms with E-state index in [4.69, 9.17) is 14.2 Å². The van der Waals surface area contributed by atoms with Crippen molar-refractivity contribution in [2.45, 2.75) is 19.1 Å². The summed E-state index contributed by atoms with van der Waals surface area (Å²) in [5, 5.41) is 12.8. The van der Waals surface area contributed by atoms with Crippen molar-refractivity contribution in [2.75, 3.05) is 14.2 Å². The lowest BCUT2D eigenvalue weighted by molar-refractivity contribution is -0.0110. The molecule has 1 aromatic heterocycles. The summed E-state index contributed by atoms with van der Waals surface area (Å²) < 4.78 is 16.7. The number of aliphatic hydroxyl groups excluding tert-OH is 1. The first kappa shape index (κ1) is 19.0. The number of aliphatic hydroxyl groups is 1. The van der Waals surface area contributed by atoms with Gasteiger partial charge in [-0.3, -0.25) is 0 Å². The summed E-state index contributed by atoms with van der Waals surface area (Å²) in [5.41, 5.74) is 3.02. The molecule has 6 nitrogen and oxygen atoms in total. The number of benzene rings is 2. The normalized spacial score (nSPS) is 16.3. The molecule has 0 saturated carbocycles. The van der Waals surface area contributed by atoms with Crippen LogP contribution in [0.3, 0.4) is 0 Å². The van der Waals surface area contributed by atoms with Crippen LogP contribution in [0.4, 0.5) is 0 Å². The molecule has 2 heterocycles. The molecule has 0 amide bonds. The second kappa shape index (κ2) is 7.22. The standard InChI is InChI=1S/C23H21NO5/c1-5-13-11-14-10-12(2)24-22(28-4)18(14)21(27-3)17(13)19(25)20-15-8-6-7-9-16(15)23(26)29-20/h5-11,19-20,25H,1H2,2-4H3. The van der Waals surface area contributed by atoms with E-state index in [1.165, 1.54) is 14.2 Å². The van der Waals surface area contributed by atoms with Crippen molar-refractivity contribution < 1.29 is 24.1 Å². The molecule has 2 aromatic carbocycles. The molecule has 1 N–H and O–H groups in total. The monoisotopic (exact) mass is 391 g/mol. The fraction of sp³-hybridized carbons (Fsp3) is 0.217. The van der Waals surface area contributed by atoms with Crippen LogP contribution >= 0.6 is 0 Å². The van der Waals surface area contributed by atoms with Crippen LogP contribution in [0.1, 0.15) is 45.0 Å². The van der Waals surface area contributed by atoms with Gasteiger partial charge in [0.1, 0.15) is 11.9 Å². The van der Waals surface area contributed by atoms with Gasteiger partial charge < -0.3 is 19.3 Å². The quantitative estimate of drug-likeness (QED) is 0.659. The molecule has 148 valence electrons. The Balaban J connectivity index is 1.97. The van der Waals surface area contributed by atoms with E-state index in [1.54, 1.807) is 24.3 Å². The molecule has 29 heavy (non-hydrogen) atoms. The lowest BCUT2D eigenvalue weighted by Crippen LogP contribution is -2.14. The Kier molecular flexibility index (Phi) is 4.72. The molecule has 0 saturated heterocycles. The Morgan fingerprint density at radius 1 is 1.24 bits per heavy atom. The molecule has 0 aliphatic carbocycles. The highest BCUT2D eigenvalue weighted by atomic mass is 16.6. The molecular formula is C23H21NO5. The second-order valence-electron chi connectivity index (χ2n) is 6.85. The van der Waals surface area contributed by atoms with Crippen LogP contribution < -0.4 is 9.47 Å². The Morgan fingerprint density at radius 2 is 2.00 bits per heavy atom. The molecule has 0 radical (unpaired) electrons. The van der Waals surface area contributed by atoms with Gasteiger partial charge in [-0.1, -0.05) is 30.9 Å². The number of ether oxygens (including phenoxy) is 3. The zero-order valence-corrected chi connectivity index (χ0v) is 16.4. The van der Waals surface area contributed by atoms with E-state index in [0.717, 1.165) is 11.1 Å². The van der Waals surface area contributed by atoms with Gasteiger partial charge in [0, 0.05) is 16.8 Å². The van der Waals surface area contributed by atoms with Gasteiger partial charge in [0.15, 0.2) is 6.10 Å². The van der Waals surface area contributed by atoms with Crippen molar-refractivity contribution in [3.8, 4) is 11.6 Å². The first-order valence-electron chi connectivity index (χ1n) is 9.16. The maximum Gasteiger partial charge on any atom is 0.339 e. The summed E-state index contributed by atoms with van der Waals surface area (Å²) in [7, 11) is 3.05. The topological polar surface area (TPSA) is 77.9 Å². The maximum absolute atomic E-state index is 12.3. The van der Waals surface area contributed by atoms with Gasteiger partial charge in [-0.25, -0.2) is 9.78 Å². The summed E-state index contributed by atoms with van der Waals surface area (Å²) >= 11 is 0. The minimum absolute atomic E-state index is 0.393. The molecule has 0 spiro atoms. The lowest BCUT2D eigenvalue weighted by atomic mass is 9.90. The van der Waals surface area contributed by atoms with Crippen molar-refractivity contribution in [1.82, 2.24) is 4.98 Å². The van der Waals surface area contributed by atoms with Gasteiger partial charge in [0.25, 0.3) is 0 Å². The van der Waals surface area contributed by atoms with Crippen molar-refractivity contribution in [1.29, 1.82) is 0 Å². The molecule has 0 bridgehead atoms. The van der Waals surface area contributed by atoms with Crippen LogP contribution in [0.5, 0.6) is 11.6 Å².